The predicted octanol–water partition coefficient (Wildman–Crippen LogP) is 3.21. The van der Waals surface area contributed by atoms with Gasteiger partial charge in [0.25, 0.3) is 0 Å². The Morgan fingerprint density at radius 2 is 2.00 bits per heavy atom. The van der Waals surface area contributed by atoms with Crippen LogP contribution in [0.2, 0.25) is 0 Å². The van der Waals surface area contributed by atoms with Gasteiger partial charge in [-0.2, -0.15) is 5.10 Å². The number of rotatable bonds is 9. The van der Waals surface area contributed by atoms with E-state index in [2.05, 4.69) is 69.7 Å². The maximum absolute atomic E-state index is 13.2. The summed E-state index contributed by atoms with van der Waals surface area (Å²) in [6, 6.07) is 16.0. The first kappa shape index (κ1) is 24.6. The lowest BCUT2D eigenvalue weighted by Crippen LogP contribution is -2.50. The summed E-state index contributed by atoms with van der Waals surface area (Å²) in [5.74, 6) is -0.769. The number of likely N-dealkylation sites (tertiary alicyclic amines) is 1. The van der Waals surface area contributed by atoms with Crippen molar-refractivity contribution in [2.24, 2.45) is 5.92 Å². The first-order valence-corrected chi connectivity index (χ1v) is 12.2. The summed E-state index contributed by atoms with van der Waals surface area (Å²) in [5, 5.41) is 6.96. The molecule has 1 N–H and O–H groups in total. The zero-order chi connectivity index (χ0) is 24.6. The second-order valence-electron chi connectivity index (χ2n) is 8.96. The summed E-state index contributed by atoms with van der Waals surface area (Å²) in [7, 11) is 0. The molecule has 1 saturated heterocycles. The maximum Gasteiger partial charge on any atom is 0.330 e. The summed E-state index contributed by atoms with van der Waals surface area (Å²) in [4.78, 5) is 31.9. The van der Waals surface area contributed by atoms with Crippen molar-refractivity contribution in [3.63, 3.8) is 0 Å². The Bertz CT molecular complexity index is 1120. The van der Waals surface area contributed by atoms with Crippen LogP contribution in [0.25, 0.3) is 11.1 Å². The number of carbonyl (C=O) groups is 2. The van der Waals surface area contributed by atoms with E-state index in [9.17, 15) is 9.59 Å². The van der Waals surface area contributed by atoms with Crippen molar-refractivity contribution in [1.82, 2.24) is 25.0 Å². The molecule has 8 nitrogen and oxygen atoms in total. The number of nitrogens with one attached hydrogen (secondary N) is 1. The van der Waals surface area contributed by atoms with Crippen molar-refractivity contribution in [2.75, 3.05) is 19.7 Å². The molecule has 0 spiro atoms. The van der Waals surface area contributed by atoms with Gasteiger partial charge in [0, 0.05) is 13.1 Å². The maximum atomic E-state index is 13.2. The molecule has 2 aromatic carbocycles. The summed E-state index contributed by atoms with van der Waals surface area (Å²) < 4.78 is 6.70. The number of esters is 1. The third-order valence-electron chi connectivity index (χ3n) is 6.52. The summed E-state index contributed by atoms with van der Waals surface area (Å²) in [5.41, 5.74) is 4.98. The quantitative estimate of drug-likeness (QED) is 0.478. The lowest BCUT2D eigenvalue weighted by atomic mass is 9.94. The standard InChI is InChI=1S/C27H33N5O3/c1-3-35-27(34)25(17-32-19-28-18-29-32)30-26(33)23-12-8-14-31(16-23)15-22-11-7-13-24(20(22)2)21-9-5-4-6-10-21/h4-7,9-11,13,18-19,23,25H,3,8,12,14-17H2,1-2H3,(H,30,33)/t23?,25-/m1/s1. The zero-order valence-electron chi connectivity index (χ0n) is 20.4. The van der Waals surface area contributed by atoms with Crippen molar-refractivity contribution in [3.05, 3.63) is 72.3 Å². The van der Waals surface area contributed by atoms with E-state index >= 15 is 0 Å². The Morgan fingerprint density at radius 3 is 2.74 bits per heavy atom. The first-order valence-electron chi connectivity index (χ1n) is 12.2. The van der Waals surface area contributed by atoms with Gasteiger partial charge < -0.3 is 10.1 Å². The average Bonchev–Trinajstić information content (AvgIpc) is 3.39. The molecule has 0 radical (unpaired) electrons. The van der Waals surface area contributed by atoms with Gasteiger partial charge in [-0.05, 0) is 55.5 Å². The van der Waals surface area contributed by atoms with E-state index in [4.69, 9.17) is 4.74 Å². The number of piperidine rings is 1. The number of hydrogen-bond acceptors (Lipinski definition) is 6. The van der Waals surface area contributed by atoms with Gasteiger partial charge in [0.05, 0.1) is 19.1 Å². The number of hydrogen-bond donors (Lipinski definition) is 1. The van der Waals surface area contributed by atoms with E-state index in [0.29, 0.717) is 6.54 Å². The highest BCUT2D eigenvalue weighted by Gasteiger charge is 2.30. The van der Waals surface area contributed by atoms with Crippen LogP contribution in [0.4, 0.5) is 0 Å². The Kier molecular flexibility index (Phi) is 8.26. The molecule has 2 heterocycles. The van der Waals surface area contributed by atoms with E-state index in [1.807, 2.05) is 6.07 Å². The number of carbonyl (C=O) groups excluding carboxylic acids is 2. The zero-order valence-corrected chi connectivity index (χ0v) is 20.4. The molecule has 1 aromatic heterocycles. The Morgan fingerprint density at radius 1 is 1.17 bits per heavy atom. The molecule has 4 rings (SSSR count). The molecule has 1 amide bonds. The molecule has 1 unspecified atom stereocenters. The fraction of sp³-hybridized carbons (Fsp3) is 0.407. The minimum Gasteiger partial charge on any atom is -0.464 e. The Labute approximate surface area is 206 Å². The van der Waals surface area contributed by atoms with Crippen molar-refractivity contribution in [1.29, 1.82) is 0 Å². The summed E-state index contributed by atoms with van der Waals surface area (Å²) in [6.45, 7) is 6.74. The van der Waals surface area contributed by atoms with Gasteiger partial charge in [0.15, 0.2) is 0 Å². The molecule has 0 saturated carbocycles. The molecule has 8 heteroatoms. The van der Waals surface area contributed by atoms with E-state index in [0.717, 1.165) is 25.9 Å². The highest BCUT2D eigenvalue weighted by Crippen LogP contribution is 2.27. The van der Waals surface area contributed by atoms with E-state index < -0.39 is 12.0 Å². The highest BCUT2D eigenvalue weighted by atomic mass is 16.5. The lowest BCUT2D eigenvalue weighted by molar-refractivity contribution is -0.148. The Balaban J connectivity index is 1.41. The van der Waals surface area contributed by atoms with Crippen molar-refractivity contribution < 1.29 is 14.3 Å². The first-order chi connectivity index (χ1) is 17.0. The second-order valence-corrected chi connectivity index (χ2v) is 8.96. The van der Waals surface area contributed by atoms with Crippen LogP contribution in [0.5, 0.6) is 0 Å². The molecule has 0 aliphatic carbocycles. The molecule has 35 heavy (non-hydrogen) atoms. The van der Waals surface area contributed by atoms with Crippen LogP contribution in [0.3, 0.4) is 0 Å². The SMILES string of the molecule is CCOC(=O)[C@@H](Cn1cncn1)NC(=O)C1CCCN(Cc2cccc(-c3ccccc3)c2C)C1. The molecule has 3 aromatic rings. The van der Waals surface area contributed by atoms with Crippen LogP contribution < -0.4 is 5.32 Å². The summed E-state index contributed by atoms with van der Waals surface area (Å²) in [6.07, 6.45) is 4.65. The number of benzene rings is 2. The van der Waals surface area contributed by atoms with Crippen LogP contribution in [-0.2, 0) is 27.4 Å². The van der Waals surface area contributed by atoms with E-state index in [1.165, 1.54) is 39.6 Å². The average molecular weight is 476 g/mol. The van der Waals surface area contributed by atoms with Crippen LogP contribution >= 0.6 is 0 Å². The minimum absolute atomic E-state index is 0.123. The van der Waals surface area contributed by atoms with Crippen LogP contribution in [0.1, 0.15) is 30.9 Å². The smallest absolute Gasteiger partial charge is 0.330 e. The third kappa shape index (κ3) is 6.33. The van der Waals surface area contributed by atoms with Crippen molar-refractivity contribution >= 4 is 11.9 Å². The van der Waals surface area contributed by atoms with Crippen LogP contribution in [0, 0.1) is 12.8 Å². The monoisotopic (exact) mass is 475 g/mol. The van der Waals surface area contributed by atoms with Gasteiger partial charge in [-0.1, -0.05) is 48.5 Å². The van der Waals surface area contributed by atoms with E-state index in [1.54, 1.807) is 6.92 Å². The summed E-state index contributed by atoms with van der Waals surface area (Å²) >= 11 is 0. The minimum atomic E-state index is -0.802. The van der Waals surface area contributed by atoms with Crippen LogP contribution in [-0.4, -0.2) is 57.3 Å². The largest absolute Gasteiger partial charge is 0.464 e. The topological polar surface area (TPSA) is 89.4 Å². The molecule has 1 aliphatic rings. The molecule has 0 bridgehead atoms. The van der Waals surface area contributed by atoms with Crippen molar-refractivity contribution in [3.8, 4) is 11.1 Å². The second kappa shape index (κ2) is 11.8. The van der Waals surface area contributed by atoms with Crippen LogP contribution in [0.15, 0.2) is 61.2 Å². The fourth-order valence-corrected chi connectivity index (χ4v) is 4.66. The van der Waals surface area contributed by atoms with Gasteiger partial charge in [-0.15, -0.1) is 0 Å². The molecular weight excluding hydrogens is 442 g/mol. The molecule has 1 aliphatic heterocycles. The number of ether oxygens (including phenoxy) is 1. The third-order valence-corrected chi connectivity index (χ3v) is 6.52. The van der Waals surface area contributed by atoms with Gasteiger partial charge >= 0.3 is 5.97 Å². The predicted molar refractivity (Wildman–Crippen MR) is 133 cm³/mol. The van der Waals surface area contributed by atoms with Gasteiger partial charge in [0.2, 0.25) is 5.91 Å². The number of aromatic nitrogens is 3. The number of amides is 1. The lowest BCUT2D eigenvalue weighted by Gasteiger charge is -2.33. The Hall–Kier alpha value is -3.52. The molecular formula is C27H33N5O3. The fourth-order valence-electron chi connectivity index (χ4n) is 4.66. The van der Waals surface area contributed by atoms with Gasteiger partial charge in [-0.25, -0.2) is 9.78 Å². The molecule has 184 valence electrons. The normalized spacial score (nSPS) is 17.0. The highest BCUT2D eigenvalue weighted by molar-refractivity contribution is 5.86. The van der Waals surface area contributed by atoms with Gasteiger partial charge in [-0.3, -0.25) is 14.4 Å². The van der Waals surface area contributed by atoms with Crippen molar-refractivity contribution in [2.45, 2.75) is 45.8 Å². The van der Waals surface area contributed by atoms with E-state index in [-0.39, 0.29) is 25.0 Å². The molecule has 2 atom stereocenters. The van der Waals surface area contributed by atoms with Gasteiger partial charge in [0.1, 0.15) is 18.7 Å². The molecule has 1 fully saturated rings. The number of nitrogens with zero attached hydrogens (tertiary/aromatic N) is 4.